The third kappa shape index (κ3) is 2.21. The number of carbonyl (C=O) groups excluding carboxylic acids is 2. The van der Waals surface area contributed by atoms with Crippen LogP contribution in [0.3, 0.4) is 0 Å². The van der Waals surface area contributed by atoms with Crippen LogP contribution in [0, 0.1) is 23.2 Å². The van der Waals surface area contributed by atoms with E-state index in [1.165, 1.54) is 0 Å². The molecule has 0 aliphatic heterocycles. The lowest BCUT2D eigenvalue weighted by Gasteiger charge is -2.23. The summed E-state index contributed by atoms with van der Waals surface area (Å²) in [5.74, 6) is 1.63. The number of anilines is 1. The number of hydrogen-bond donors (Lipinski definition) is 2. The second-order valence-corrected chi connectivity index (χ2v) is 8.37. The molecule has 1 aromatic heterocycles. The second-order valence-electron chi connectivity index (χ2n) is 8.37. The van der Waals surface area contributed by atoms with E-state index in [-0.39, 0.29) is 29.4 Å². The number of ether oxygens (including phenoxy) is 1. The summed E-state index contributed by atoms with van der Waals surface area (Å²) in [6, 6.07) is 1.85. The molecule has 0 aromatic carbocycles. The van der Waals surface area contributed by atoms with Gasteiger partial charge in [0.1, 0.15) is 5.60 Å². The molecule has 130 valence electrons. The topological polar surface area (TPSA) is 85.2 Å². The predicted molar refractivity (Wildman–Crippen MR) is 87.1 cm³/mol. The van der Waals surface area contributed by atoms with Crippen LogP contribution in [0.5, 0.6) is 0 Å². The molecule has 2 amide bonds. The van der Waals surface area contributed by atoms with Gasteiger partial charge in [-0.15, -0.1) is 0 Å². The van der Waals surface area contributed by atoms with Crippen molar-refractivity contribution < 1.29 is 14.3 Å². The van der Waals surface area contributed by atoms with E-state index in [9.17, 15) is 9.59 Å². The zero-order valence-corrected chi connectivity index (χ0v) is 14.5. The molecule has 1 aromatic rings. The summed E-state index contributed by atoms with van der Waals surface area (Å²) < 4.78 is 7.03. The van der Waals surface area contributed by atoms with E-state index >= 15 is 0 Å². The van der Waals surface area contributed by atoms with Gasteiger partial charge in [-0.25, -0.2) is 4.79 Å². The van der Waals surface area contributed by atoms with Crippen LogP contribution in [0.4, 0.5) is 10.6 Å². The molecule has 7 nitrogen and oxygen atoms in total. The molecule has 4 aliphatic rings. The van der Waals surface area contributed by atoms with E-state index < -0.39 is 5.60 Å². The molecule has 24 heavy (non-hydrogen) atoms. The first kappa shape index (κ1) is 15.5. The summed E-state index contributed by atoms with van der Waals surface area (Å²) in [5.41, 5.74) is -0.829. The van der Waals surface area contributed by atoms with Crippen LogP contribution in [0.2, 0.25) is 0 Å². The molecule has 0 radical (unpaired) electrons. The number of aromatic nitrogens is 2. The fraction of sp³-hybridized carbons (Fsp3) is 0.706. The van der Waals surface area contributed by atoms with E-state index in [0.29, 0.717) is 17.7 Å². The minimum Gasteiger partial charge on any atom is -0.444 e. The average molecular weight is 332 g/mol. The Morgan fingerprint density at radius 2 is 2.17 bits per heavy atom. The minimum atomic E-state index is -0.511. The highest BCUT2D eigenvalue weighted by atomic mass is 16.6. The molecule has 5 rings (SSSR count). The number of nitrogens with zero attached hydrogens (tertiary/aromatic N) is 2. The van der Waals surface area contributed by atoms with Crippen LogP contribution in [-0.2, 0) is 16.6 Å². The Bertz CT molecular complexity index is 707. The molecule has 7 heteroatoms. The van der Waals surface area contributed by atoms with E-state index in [1.54, 1.807) is 16.9 Å². The van der Waals surface area contributed by atoms with Crippen LogP contribution in [0.15, 0.2) is 12.3 Å². The van der Waals surface area contributed by atoms with Crippen molar-refractivity contribution in [1.29, 1.82) is 0 Å². The van der Waals surface area contributed by atoms with Gasteiger partial charge in [0, 0.05) is 25.4 Å². The molecule has 0 saturated heterocycles. The SMILES string of the molecule is Cn1ccc(NC(=O)C23CC4CC2C3C4NC(=O)OC(C)(C)C)n1. The van der Waals surface area contributed by atoms with Crippen molar-refractivity contribution in [3.63, 3.8) is 0 Å². The summed E-state index contributed by atoms with van der Waals surface area (Å²) >= 11 is 0. The van der Waals surface area contributed by atoms with Gasteiger partial charge in [0.25, 0.3) is 0 Å². The summed E-state index contributed by atoms with van der Waals surface area (Å²) in [6.45, 7) is 5.55. The molecule has 4 fully saturated rings. The number of amides is 2. The Balaban J connectivity index is 1.42. The molecule has 4 bridgehead atoms. The minimum absolute atomic E-state index is 0.0483. The molecule has 4 saturated carbocycles. The predicted octanol–water partition coefficient (Wildman–Crippen LogP) is 1.91. The maximum Gasteiger partial charge on any atom is 0.407 e. The van der Waals surface area contributed by atoms with Gasteiger partial charge in [-0.3, -0.25) is 9.48 Å². The Morgan fingerprint density at radius 3 is 2.75 bits per heavy atom. The van der Waals surface area contributed by atoms with Crippen molar-refractivity contribution in [3.8, 4) is 0 Å². The zero-order valence-electron chi connectivity index (χ0n) is 14.5. The molecule has 5 unspecified atom stereocenters. The third-order valence-corrected chi connectivity index (χ3v) is 5.69. The summed E-state index contributed by atoms with van der Waals surface area (Å²) in [4.78, 5) is 24.8. The van der Waals surface area contributed by atoms with Gasteiger partial charge in [0.15, 0.2) is 5.82 Å². The Kier molecular flexibility index (Phi) is 3.06. The van der Waals surface area contributed by atoms with E-state index in [0.717, 1.165) is 12.8 Å². The number of nitrogens with one attached hydrogen (secondary N) is 2. The van der Waals surface area contributed by atoms with Crippen LogP contribution in [0.25, 0.3) is 0 Å². The van der Waals surface area contributed by atoms with Crippen LogP contribution >= 0.6 is 0 Å². The number of carbonyl (C=O) groups is 2. The molecular weight excluding hydrogens is 308 g/mol. The number of alkyl carbamates (subject to hydrolysis) is 1. The molecule has 5 atom stereocenters. The van der Waals surface area contributed by atoms with Crippen molar-refractivity contribution >= 4 is 17.8 Å². The fourth-order valence-electron chi connectivity index (χ4n) is 4.95. The van der Waals surface area contributed by atoms with Crippen molar-refractivity contribution in [2.24, 2.45) is 30.2 Å². The normalized spacial score (nSPS) is 35.7. The summed E-state index contributed by atoms with van der Waals surface area (Å²) in [7, 11) is 1.82. The van der Waals surface area contributed by atoms with Crippen molar-refractivity contribution in [2.75, 3.05) is 5.32 Å². The lowest BCUT2D eigenvalue weighted by atomic mass is 10.0. The Morgan fingerprint density at radius 1 is 1.42 bits per heavy atom. The lowest BCUT2D eigenvalue weighted by Crippen LogP contribution is -2.41. The first-order chi connectivity index (χ1) is 11.2. The first-order valence-electron chi connectivity index (χ1n) is 8.51. The average Bonchev–Trinajstić information content (AvgIpc) is 2.92. The standard InChI is InChI=1S/C17H24N4O3/c1-16(2,3)24-15(23)19-13-9-7-10-12(13)17(10,8-9)14(22)18-11-5-6-21(4)20-11/h5-6,9-10,12-13H,7-8H2,1-4H3,(H,19,23)(H,18,20,22). The van der Waals surface area contributed by atoms with E-state index in [1.807, 2.05) is 27.8 Å². The number of hydrogen-bond acceptors (Lipinski definition) is 4. The van der Waals surface area contributed by atoms with Gasteiger partial charge in [-0.2, -0.15) is 5.10 Å². The van der Waals surface area contributed by atoms with Gasteiger partial charge in [-0.1, -0.05) is 0 Å². The molecule has 4 aliphatic carbocycles. The second kappa shape index (κ2) is 4.74. The van der Waals surface area contributed by atoms with Gasteiger partial charge >= 0.3 is 6.09 Å². The smallest absolute Gasteiger partial charge is 0.407 e. The fourth-order valence-corrected chi connectivity index (χ4v) is 4.95. The molecule has 1 heterocycles. The number of rotatable bonds is 3. The monoisotopic (exact) mass is 332 g/mol. The molecule has 0 spiro atoms. The van der Waals surface area contributed by atoms with Gasteiger partial charge < -0.3 is 15.4 Å². The maximum atomic E-state index is 12.8. The van der Waals surface area contributed by atoms with Gasteiger partial charge in [-0.05, 0) is 51.4 Å². The molecule has 2 N–H and O–H groups in total. The highest BCUT2D eigenvalue weighted by Gasteiger charge is 2.82. The first-order valence-corrected chi connectivity index (χ1v) is 8.51. The zero-order chi connectivity index (χ0) is 17.3. The highest BCUT2D eigenvalue weighted by molar-refractivity contribution is 5.98. The van der Waals surface area contributed by atoms with Crippen LogP contribution in [-0.4, -0.2) is 33.4 Å². The lowest BCUT2D eigenvalue weighted by molar-refractivity contribution is -0.121. The van der Waals surface area contributed by atoms with E-state index in [4.69, 9.17) is 4.74 Å². The van der Waals surface area contributed by atoms with Gasteiger partial charge in [0.2, 0.25) is 5.91 Å². The van der Waals surface area contributed by atoms with E-state index in [2.05, 4.69) is 15.7 Å². The highest BCUT2D eigenvalue weighted by Crippen LogP contribution is 2.79. The Hall–Kier alpha value is -2.05. The largest absolute Gasteiger partial charge is 0.444 e. The third-order valence-electron chi connectivity index (χ3n) is 5.69. The van der Waals surface area contributed by atoms with Crippen molar-refractivity contribution in [1.82, 2.24) is 15.1 Å². The molecular formula is C17H24N4O3. The van der Waals surface area contributed by atoms with Crippen LogP contribution < -0.4 is 10.6 Å². The van der Waals surface area contributed by atoms with Crippen LogP contribution in [0.1, 0.15) is 33.6 Å². The Labute approximate surface area is 141 Å². The van der Waals surface area contributed by atoms with Gasteiger partial charge in [0.05, 0.1) is 5.41 Å². The maximum absolute atomic E-state index is 12.8. The summed E-state index contributed by atoms with van der Waals surface area (Å²) in [5, 5.41) is 10.2. The van der Waals surface area contributed by atoms with Crippen molar-refractivity contribution in [2.45, 2.75) is 45.3 Å². The summed E-state index contributed by atoms with van der Waals surface area (Å²) in [6.07, 6.45) is 3.28. The van der Waals surface area contributed by atoms with Crippen molar-refractivity contribution in [3.05, 3.63) is 12.3 Å². The quantitative estimate of drug-likeness (QED) is 0.885. The number of aryl methyl sites for hydroxylation is 1.